The molecule has 0 aromatic heterocycles. The first-order valence-electron chi connectivity index (χ1n) is 6.55. The van der Waals surface area contributed by atoms with E-state index in [2.05, 4.69) is 5.32 Å². The van der Waals surface area contributed by atoms with Gasteiger partial charge in [0.05, 0.1) is 20.0 Å². The van der Waals surface area contributed by atoms with Gasteiger partial charge >= 0.3 is 0 Å². The first-order chi connectivity index (χ1) is 9.42. The topological polar surface area (TPSA) is 64.6 Å². The zero-order chi connectivity index (χ0) is 15.2. The molecule has 1 unspecified atom stereocenters. The summed E-state index contributed by atoms with van der Waals surface area (Å²) in [7, 11) is 0.175. The van der Waals surface area contributed by atoms with Gasteiger partial charge in [0.2, 0.25) is 0 Å². The van der Waals surface area contributed by atoms with Crippen molar-refractivity contribution in [3.63, 3.8) is 0 Å². The number of para-hydroxylation sites is 1. The third kappa shape index (κ3) is 4.68. The van der Waals surface area contributed by atoms with Gasteiger partial charge < -0.3 is 14.8 Å². The van der Waals surface area contributed by atoms with Crippen LogP contribution < -0.4 is 14.8 Å². The van der Waals surface area contributed by atoms with E-state index < -0.39 is 9.84 Å². The summed E-state index contributed by atoms with van der Waals surface area (Å²) in [4.78, 5) is 0. The summed E-state index contributed by atoms with van der Waals surface area (Å²) in [5.74, 6) is 1.42. The molecule has 0 aliphatic rings. The molecule has 0 amide bonds. The highest BCUT2D eigenvalue weighted by atomic mass is 32.2. The predicted molar refractivity (Wildman–Crippen MR) is 80.3 cm³/mol. The van der Waals surface area contributed by atoms with E-state index in [0.29, 0.717) is 17.9 Å². The summed E-state index contributed by atoms with van der Waals surface area (Å²) in [6.07, 6.45) is 1.75. The van der Waals surface area contributed by atoms with Crippen molar-refractivity contribution in [1.29, 1.82) is 0 Å². The van der Waals surface area contributed by atoms with Crippen LogP contribution in [0.2, 0.25) is 0 Å². The van der Waals surface area contributed by atoms with Crippen LogP contribution in [-0.2, 0) is 9.84 Å². The van der Waals surface area contributed by atoms with E-state index in [0.717, 1.165) is 12.1 Å². The van der Waals surface area contributed by atoms with Crippen LogP contribution in [0.1, 0.15) is 24.9 Å². The van der Waals surface area contributed by atoms with Crippen LogP contribution in [0.15, 0.2) is 18.2 Å². The van der Waals surface area contributed by atoms with Gasteiger partial charge in [0.15, 0.2) is 11.5 Å². The Morgan fingerprint density at radius 2 is 1.95 bits per heavy atom. The van der Waals surface area contributed by atoms with Gasteiger partial charge in [-0.1, -0.05) is 19.1 Å². The van der Waals surface area contributed by atoms with Gasteiger partial charge in [0.1, 0.15) is 9.84 Å². The van der Waals surface area contributed by atoms with Crippen LogP contribution in [-0.4, -0.2) is 41.2 Å². The second-order valence-electron chi connectivity index (χ2n) is 4.61. The normalized spacial score (nSPS) is 13.0. The zero-order valence-electron chi connectivity index (χ0n) is 12.5. The molecule has 20 heavy (non-hydrogen) atoms. The van der Waals surface area contributed by atoms with E-state index in [1.807, 2.05) is 25.1 Å². The second kappa shape index (κ2) is 7.50. The van der Waals surface area contributed by atoms with E-state index in [-0.39, 0.29) is 11.8 Å². The standard InChI is InChI=1S/C14H23NO4S/c1-5-15-12(9-10-20(4,16)17)11-7-6-8-13(18-2)14(11)19-3/h6-8,12,15H,5,9-10H2,1-4H3. The van der Waals surface area contributed by atoms with Crippen molar-refractivity contribution in [2.45, 2.75) is 19.4 Å². The second-order valence-corrected chi connectivity index (χ2v) is 6.87. The Morgan fingerprint density at radius 1 is 1.25 bits per heavy atom. The molecule has 1 rings (SSSR count). The van der Waals surface area contributed by atoms with Gasteiger partial charge in [-0.25, -0.2) is 8.42 Å². The lowest BCUT2D eigenvalue weighted by atomic mass is 10.0. The molecular formula is C14H23NO4S. The minimum absolute atomic E-state index is 0.0835. The van der Waals surface area contributed by atoms with Crippen molar-refractivity contribution >= 4 is 9.84 Å². The lowest BCUT2D eigenvalue weighted by Gasteiger charge is -2.21. The molecule has 0 heterocycles. The molecule has 1 aromatic carbocycles. The molecular weight excluding hydrogens is 278 g/mol. The summed E-state index contributed by atoms with van der Waals surface area (Å²) in [6, 6.07) is 5.54. The Hall–Kier alpha value is -1.27. The lowest BCUT2D eigenvalue weighted by Crippen LogP contribution is -2.24. The van der Waals surface area contributed by atoms with Crippen molar-refractivity contribution in [3.05, 3.63) is 23.8 Å². The van der Waals surface area contributed by atoms with Crippen LogP contribution in [0.3, 0.4) is 0 Å². The molecule has 0 aliphatic carbocycles. The number of hydrogen-bond donors (Lipinski definition) is 1. The SMILES string of the molecule is CCNC(CCS(C)(=O)=O)c1cccc(OC)c1OC. The van der Waals surface area contributed by atoms with E-state index in [1.165, 1.54) is 6.26 Å². The van der Waals surface area contributed by atoms with Gasteiger partial charge in [0, 0.05) is 17.9 Å². The van der Waals surface area contributed by atoms with Crippen LogP contribution in [0.5, 0.6) is 11.5 Å². The minimum atomic E-state index is -2.99. The molecule has 0 radical (unpaired) electrons. The Morgan fingerprint density at radius 3 is 2.45 bits per heavy atom. The number of rotatable bonds is 8. The molecule has 0 aliphatic heterocycles. The van der Waals surface area contributed by atoms with Crippen molar-refractivity contribution in [2.75, 3.05) is 32.8 Å². The molecule has 5 nitrogen and oxygen atoms in total. The number of sulfone groups is 1. The molecule has 0 bridgehead atoms. The number of methoxy groups -OCH3 is 2. The monoisotopic (exact) mass is 301 g/mol. The van der Waals surface area contributed by atoms with Crippen LogP contribution in [0.25, 0.3) is 0 Å². The average molecular weight is 301 g/mol. The smallest absolute Gasteiger partial charge is 0.165 e. The summed E-state index contributed by atoms with van der Waals surface area (Å²) >= 11 is 0. The van der Waals surface area contributed by atoms with Crippen LogP contribution in [0, 0.1) is 0 Å². The Labute approximate surface area is 121 Å². The molecule has 6 heteroatoms. The molecule has 114 valence electrons. The largest absolute Gasteiger partial charge is 0.493 e. The van der Waals surface area contributed by atoms with Crippen molar-refractivity contribution in [1.82, 2.24) is 5.32 Å². The quantitative estimate of drug-likeness (QED) is 0.793. The fourth-order valence-corrected chi connectivity index (χ4v) is 2.80. The number of nitrogens with one attached hydrogen (secondary N) is 1. The molecule has 1 atom stereocenters. The average Bonchev–Trinajstić information content (AvgIpc) is 2.41. The summed E-state index contributed by atoms with van der Waals surface area (Å²) in [5, 5.41) is 3.30. The number of benzene rings is 1. The highest BCUT2D eigenvalue weighted by molar-refractivity contribution is 7.90. The molecule has 0 saturated carbocycles. The first-order valence-corrected chi connectivity index (χ1v) is 8.61. The molecule has 0 saturated heterocycles. The molecule has 1 aromatic rings. The maximum Gasteiger partial charge on any atom is 0.165 e. The third-order valence-electron chi connectivity index (χ3n) is 3.04. The fraction of sp³-hybridized carbons (Fsp3) is 0.571. The summed E-state index contributed by atoms with van der Waals surface area (Å²) < 4.78 is 33.4. The van der Waals surface area contributed by atoms with Gasteiger partial charge in [0.25, 0.3) is 0 Å². The lowest BCUT2D eigenvalue weighted by molar-refractivity contribution is 0.346. The zero-order valence-corrected chi connectivity index (χ0v) is 13.3. The van der Waals surface area contributed by atoms with Gasteiger partial charge in [-0.3, -0.25) is 0 Å². The Balaban J connectivity index is 3.07. The van der Waals surface area contributed by atoms with Crippen LogP contribution in [0.4, 0.5) is 0 Å². The molecule has 0 fully saturated rings. The van der Waals surface area contributed by atoms with Crippen molar-refractivity contribution < 1.29 is 17.9 Å². The van der Waals surface area contributed by atoms with Gasteiger partial charge in [-0.05, 0) is 19.0 Å². The van der Waals surface area contributed by atoms with Crippen LogP contribution >= 0.6 is 0 Å². The number of hydrogen-bond acceptors (Lipinski definition) is 5. The maximum atomic E-state index is 11.4. The van der Waals surface area contributed by atoms with E-state index >= 15 is 0 Å². The molecule has 0 spiro atoms. The Bertz CT molecular complexity index is 528. The van der Waals surface area contributed by atoms with Crippen molar-refractivity contribution in [2.24, 2.45) is 0 Å². The first kappa shape index (κ1) is 16.8. The van der Waals surface area contributed by atoms with Gasteiger partial charge in [-0.15, -0.1) is 0 Å². The maximum absolute atomic E-state index is 11.4. The van der Waals surface area contributed by atoms with E-state index in [1.54, 1.807) is 14.2 Å². The minimum Gasteiger partial charge on any atom is -0.493 e. The molecule has 1 N–H and O–H groups in total. The highest BCUT2D eigenvalue weighted by Gasteiger charge is 2.19. The van der Waals surface area contributed by atoms with E-state index in [9.17, 15) is 8.42 Å². The summed E-state index contributed by atoms with van der Waals surface area (Å²) in [5.41, 5.74) is 0.914. The number of ether oxygens (including phenoxy) is 2. The van der Waals surface area contributed by atoms with Crippen molar-refractivity contribution in [3.8, 4) is 11.5 Å². The third-order valence-corrected chi connectivity index (χ3v) is 4.01. The fourth-order valence-electron chi connectivity index (χ4n) is 2.13. The Kier molecular flexibility index (Phi) is 6.29. The summed E-state index contributed by atoms with van der Waals surface area (Å²) in [6.45, 7) is 2.73. The highest BCUT2D eigenvalue weighted by Crippen LogP contribution is 2.35. The van der Waals surface area contributed by atoms with Gasteiger partial charge in [-0.2, -0.15) is 0 Å². The van der Waals surface area contributed by atoms with E-state index in [4.69, 9.17) is 9.47 Å². The predicted octanol–water partition coefficient (Wildman–Crippen LogP) is 1.79.